The molecule has 0 radical (unpaired) electrons. The Labute approximate surface area is 137 Å². The van der Waals surface area contributed by atoms with Crippen molar-refractivity contribution >= 4 is 39.7 Å². The van der Waals surface area contributed by atoms with Crippen LogP contribution in [-0.4, -0.2) is 35.2 Å². The number of thioether (sulfide) groups is 1. The highest BCUT2D eigenvalue weighted by atomic mass is 79.9. The summed E-state index contributed by atoms with van der Waals surface area (Å²) in [7, 11) is 0. The zero-order valence-electron chi connectivity index (χ0n) is 11.9. The number of carboxylic acid groups (broad SMARTS) is 1. The molecular formula is C14H19BrN2O3S. The standard InChI is InChI=1S/C14H19BrN2O3S/c1-9(10-3-5-11(15)6-4-10)16-14(20)17-12(13(18)19)7-8-21-2/h3-6,9,12H,7-8H2,1-2H3,(H,18,19)(H2,16,17,20). The van der Waals surface area contributed by atoms with Gasteiger partial charge in [-0.05, 0) is 43.0 Å². The lowest BCUT2D eigenvalue weighted by Crippen LogP contribution is -2.46. The van der Waals surface area contributed by atoms with Gasteiger partial charge in [-0.1, -0.05) is 28.1 Å². The predicted octanol–water partition coefficient (Wildman–Crippen LogP) is 3.02. The Bertz CT molecular complexity index is 482. The number of halogens is 1. The maximum Gasteiger partial charge on any atom is 0.326 e. The molecule has 2 amide bonds. The van der Waals surface area contributed by atoms with Gasteiger partial charge in [-0.25, -0.2) is 9.59 Å². The molecule has 0 aromatic heterocycles. The molecule has 5 nitrogen and oxygen atoms in total. The molecule has 0 fully saturated rings. The van der Waals surface area contributed by atoms with Crippen LogP contribution in [0.1, 0.15) is 24.9 Å². The van der Waals surface area contributed by atoms with E-state index in [9.17, 15) is 9.59 Å². The fourth-order valence-electron chi connectivity index (χ4n) is 1.72. The predicted molar refractivity (Wildman–Crippen MR) is 88.6 cm³/mol. The monoisotopic (exact) mass is 374 g/mol. The van der Waals surface area contributed by atoms with E-state index in [0.29, 0.717) is 12.2 Å². The second-order valence-corrected chi connectivity index (χ2v) is 6.46. The smallest absolute Gasteiger partial charge is 0.326 e. The summed E-state index contributed by atoms with van der Waals surface area (Å²) in [4.78, 5) is 22.9. The lowest BCUT2D eigenvalue weighted by molar-refractivity contribution is -0.139. The molecule has 3 N–H and O–H groups in total. The van der Waals surface area contributed by atoms with Crippen molar-refractivity contribution in [1.29, 1.82) is 0 Å². The molecule has 0 heterocycles. The van der Waals surface area contributed by atoms with E-state index in [4.69, 9.17) is 5.11 Å². The highest BCUT2D eigenvalue weighted by Gasteiger charge is 2.20. The molecule has 7 heteroatoms. The number of carbonyl (C=O) groups excluding carboxylic acids is 1. The van der Waals surface area contributed by atoms with Gasteiger partial charge in [-0.2, -0.15) is 11.8 Å². The van der Waals surface area contributed by atoms with Gasteiger partial charge in [0.05, 0.1) is 6.04 Å². The number of benzene rings is 1. The van der Waals surface area contributed by atoms with E-state index in [1.165, 1.54) is 0 Å². The number of rotatable bonds is 7. The van der Waals surface area contributed by atoms with Crippen molar-refractivity contribution in [2.75, 3.05) is 12.0 Å². The molecule has 1 rings (SSSR count). The molecule has 2 unspecified atom stereocenters. The summed E-state index contributed by atoms with van der Waals surface area (Å²) in [6, 6.07) is 6.05. The summed E-state index contributed by atoms with van der Waals surface area (Å²) in [6.45, 7) is 1.85. The lowest BCUT2D eigenvalue weighted by Gasteiger charge is -2.18. The Morgan fingerprint density at radius 3 is 2.43 bits per heavy atom. The number of hydrogen-bond acceptors (Lipinski definition) is 3. The van der Waals surface area contributed by atoms with Crippen LogP contribution in [0.2, 0.25) is 0 Å². The zero-order chi connectivity index (χ0) is 15.8. The largest absolute Gasteiger partial charge is 0.480 e. The zero-order valence-corrected chi connectivity index (χ0v) is 14.3. The molecule has 0 spiro atoms. The summed E-state index contributed by atoms with van der Waals surface area (Å²) >= 11 is 4.90. The van der Waals surface area contributed by atoms with Crippen LogP contribution in [0.5, 0.6) is 0 Å². The average Bonchev–Trinajstić information content (AvgIpc) is 2.43. The molecule has 0 saturated carbocycles. The van der Waals surface area contributed by atoms with Crippen molar-refractivity contribution in [3.8, 4) is 0 Å². The quantitative estimate of drug-likeness (QED) is 0.685. The van der Waals surface area contributed by atoms with E-state index in [-0.39, 0.29) is 6.04 Å². The summed E-state index contributed by atoms with van der Waals surface area (Å²) in [5.74, 6) is -0.338. The number of nitrogens with one attached hydrogen (secondary N) is 2. The first-order chi connectivity index (χ1) is 9.93. The van der Waals surface area contributed by atoms with Crippen molar-refractivity contribution in [2.24, 2.45) is 0 Å². The minimum atomic E-state index is -1.02. The van der Waals surface area contributed by atoms with E-state index in [1.54, 1.807) is 11.8 Å². The van der Waals surface area contributed by atoms with Crippen LogP contribution in [-0.2, 0) is 4.79 Å². The molecular weight excluding hydrogens is 356 g/mol. The van der Waals surface area contributed by atoms with Crippen molar-refractivity contribution < 1.29 is 14.7 Å². The fourth-order valence-corrected chi connectivity index (χ4v) is 2.46. The Morgan fingerprint density at radius 2 is 1.90 bits per heavy atom. The molecule has 21 heavy (non-hydrogen) atoms. The minimum absolute atomic E-state index is 0.201. The first kappa shape index (κ1) is 17.8. The van der Waals surface area contributed by atoms with E-state index >= 15 is 0 Å². The Hall–Kier alpha value is -1.21. The van der Waals surface area contributed by atoms with Gasteiger partial charge in [0.2, 0.25) is 0 Å². The molecule has 116 valence electrons. The van der Waals surface area contributed by atoms with Crippen molar-refractivity contribution in [3.63, 3.8) is 0 Å². The molecule has 0 aliphatic carbocycles. The third-order valence-corrected chi connectivity index (χ3v) is 4.10. The summed E-state index contributed by atoms with van der Waals surface area (Å²) in [5.41, 5.74) is 0.948. The van der Waals surface area contributed by atoms with Crippen LogP contribution in [0, 0.1) is 0 Å². The van der Waals surface area contributed by atoms with Crippen LogP contribution in [0.25, 0.3) is 0 Å². The van der Waals surface area contributed by atoms with Gasteiger partial charge in [0.1, 0.15) is 6.04 Å². The van der Waals surface area contributed by atoms with Crippen LogP contribution in [0.3, 0.4) is 0 Å². The van der Waals surface area contributed by atoms with Gasteiger partial charge in [-0.3, -0.25) is 0 Å². The minimum Gasteiger partial charge on any atom is -0.480 e. The van der Waals surface area contributed by atoms with Crippen LogP contribution >= 0.6 is 27.7 Å². The highest BCUT2D eigenvalue weighted by Crippen LogP contribution is 2.16. The number of amides is 2. The molecule has 2 atom stereocenters. The van der Waals surface area contributed by atoms with Gasteiger partial charge >= 0.3 is 12.0 Å². The Morgan fingerprint density at radius 1 is 1.29 bits per heavy atom. The van der Waals surface area contributed by atoms with E-state index in [2.05, 4.69) is 26.6 Å². The van der Waals surface area contributed by atoms with Crippen molar-refractivity contribution in [1.82, 2.24) is 10.6 Å². The van der Waals surface area contributed by atoms with E-state index < -0.39 is 18.0 Å². The number of carbonyl (C=O) groups is 2. The van der Waals surface area contributed by atoms with Crippen LogP contribution in [0.4, 0.5) is 4.79 Å². The maximum absolute atomic E-state index is 11.9. The number of carboxylic acids is 1. The van der Waals surface area contributed by atoms with E-state index in [0.717, 1.165) is 10.0 Å². The molecule has 0 saturated heterocycles. The van der Waals surface area contributed by atoms with Gasteiger partial charge in [0.15, 0.2) is 0 Å². The van der Waals surface area contributed by atoms with Gasteiger partial charge in [-0.15, -0.1) is 0 Å². The third-order valence-electron chi connectivity index (χ3n) is 2.93. The topological polar surface area (TPSA) is 78.4 Å². The fraction of sp³-hybridized carbons (Fsp3) is 0.429. The number of urea groups is 1. The van der Waals surface area contributed by atoms with Gasteiger partial charge in [0.25, 0.3) is 0 Å². The van der Waals surface area contributed by atoms with Crippen LogP contribution < -0.4 is 10.6 Å². The molecule has 0 bridgehead atoms. The first-order valence-electron chi connectivity index (χ1n) is 6.48. The summed E-state index contributed by atoms with van der Waals surface area (Å²) in [6.07, 6.45) is 2.30. The number of hydrogen-bond donors (Lipinski definition) is 3. The second kappa shape index (κ2) is 8.94. The molecule has 0 aliphatic rings. The van der Waals surface area contributed by atoms with Gasteiger partial charge in [0, 0.05) is 4.47 Å². The lowest BCUT2D eigenvalue weighted by atomic mass is 10.1. The highest BCUT2D eigenvalue weighted by molar-refractivity contribution is 9.10. The Balaban J connectivity index is 2.54. The van der Waals surface area contributed by atoms with Crippen molar-refractivity contribution in [3.05, 3.63) is 34.3 Å². The molecule has 1 aromatic carbocycles. The third kappa shape index (κ3) is 6.39. The molecule has 1 aromatic rings. The normalized spacial score (nSPS) is 13.3. The maximum atomic E-state index is 11.9. The first-order valence-corrected chi connectivity index (χ1v) is 8.67. The summed E-state index contributed by atoms with van der Waals surface area (Å²) in [5, 5.41) is 14.3. The Kier molecular flexibility index (Phi) is 7.60. The van der Waals surface area contributed by atoms with E-state index in [1.807, 2.05) is 37.4 Å². The second-order valence-electron chi connectivity index (χ2n) is 4.56. The SMILES string of the molecule is CSCCC(NC(=O)NC(C)c1ccc(Br)cc1)C(=O)O. The average molecular weight is 375 g/mol. The molecule has 0 aliphatic heterocycles. The van der Waals surface area contributed by atoms with Crippen LogP contribution in [0.15, 0.2) is 28.7 Å². The summed E-state index contributed by atoms with van der Waals surface area (Å²) < 4.78 is 0.964. The van der Waals surface area contributed by atoms with Gasteiger partial charge < -0.3 is 15.7 Å². The van der Waals surface area contributed by atoms with Crippen molar-refractivity contribution in [2.45, 2.75) is 25.4 Å². The number of aliphatic carboxylic acids is 1.